The Morgan fingerprint density at radius 3 is 2.57 bits per heavy atom. The average Bonchev–Trinajstić information content (AvgIpc) is 3.08. The normalized spacial score (nSPS) is 11.8. The van der Waals surface area contributed by atoms with E-state index in [2.05, 4.69) is 24.0 Å². The number of rotatable bonds is 5. The molecule has 0 unspecified atom stereocenters. The lowest BCUT2D eigenvalue weighted by molar-refractivity contribution is 0.517. The quantitative estimate of drug-likeness (QED) is 0.435. The Morgan fingerprint density at radius 1 is 1.11 bits per heavy atom. The third-order valence-corrected chi connectivity index (χ3v) is 5.81. The van der Waals surface area contributed by atoms with Crippen LogP contribution in [0.4, 0.5) is 0 Å². The van der Waals surface area contributed by atoms with Gasteiger partial charge in [-0.1, -0.05) is 61.0 Å². The molecule has 144 valence electrons. The van der Waals surface area contributed by atoms with Crippen molar-refractivity contribution in [3.8, 4) is 0 Å². The van der Waals surface area contributed by atoms with Gasteiger partial charge in [-0.25, -0.2) is 0 Å². The van der Waals surface area contributed by atoms with Crippen LogP contribution in [0.1, 0.15) is 25.0 Å². The van der Waals surface area contributed by atoms with E-state index in [4.69, 9.17) is 11.6 Å². The van der Waals surface area contributed by atoms with Crippen LogP contribution >= 0.6 is 23.4 Å². The molecule has 0 aliphatic heterocycles. The van der Waals surface area contributed by atoms with Crippen LogP contribution in [-0.4, -0.2) is 19.2 Å². The van der Waals surface area contributed by atoms with E-state index in [1.165, 1.54) is 0 Å². The molecule has 0 saturated heterocycles. The van der Waals surface area contributed by atoms with Crippen LogP contribution < -0.4 is 5.56 Å². The number of thioether (sulfide) groups is 1. The summed E-state index contributed by atoms with van der Waals surface area (Å²) in [5.74, 6) is 1.66. The molecule has 0 aliphatic carbocycles. The summed E-state index contributed by atoms with van der Waals surface area (Å²) in [6.07, 6.45) is 0. The molecule has 7 heteroatoms. The molecular formula is C21H21ClN4OS. The van der Waals surface area contributed by atoms with Crippen LogP contribution in [0, 0.1) is 12.8 Å². The first-order valence-electron chi connectivity index (χ1n) is 9.19. The van der Waals surface area contributed by atoms with Gasteiger partial charge in [-0.05, 0) is 42.7 Å². The van der Waals surface area contributed by atoms with Gasteiger partial charge < -0.3 is 0 Å². The molecule has 2 heterocycles. The van der Waals surface area contributed by atoms with Gasteiger partial charge in [0.15, 0.2) is 5.16 Å². The maximum atomic E-state index is 13.1. The molecule has 4 rings (SSSR count). The van der Waals surface area contributed by atoms with Crippen LogP contribution in [0.25, 0.3) is 16.7 Å². The van der Waals surface area contributed by atoms with Gasteiger partial charge in [0.05, 0.1) is 10.9 Å². The number of aryl methyl sites for hydroxylation is 1. The number of fused-ring (bicyclic) bond motifs is 3. The first-order chi connectivity index (χ1) is 13.4. The predicted octanol–water partition coefficient (Wildman–Crippen LogP) is 4.95. The zero-order valence-corrected chi connectivity index (χ0v) is 17.6. The van der Waals surface area contributed by atoms with Gasteiger partial charge in [0, 0.05) is 17.3 Å². The third-order valence-electron chi connectivity index (χ3n) is 4.56. The minimum absolute atomic E-state index is 0.0125. The molecule has 4 aromatic rings. The summed E-state index contributed by atoms with van der Waals surface area (Å²) >= 11 is 7.57. The van der Waals surface area contributed by atoms with Crippen LogP contribution in [0.3, 0.4) is 0 Å². The van der Waals surface area contributed by atoms with Crippen molar-refractivity contribution in [2.75, 3.05) is 0 Å². The van der Waals surface area contributed by atoms with Crippen LogP contribution in [-0.2, 0) is 12.3 Å². The van der Waals surface area contributed by atoms with E-state index in [9.17, 15) is 4.79 Å². The molecule has 2 aromatic heterocycles. The second kappa shape index (κ2) is 7.60. The Labute approximate surface area is 172 Å². The lowest BCUT2D eigenvalue weighted by Crippen LogP contribution is -2.25. The molecular weight excluding hydrogens is 392 g/mol. The monoisotopic (exact) mass is 412 g/mol. The van der Waals surface area contributed by atoms with Gasteiger partial charge in [0.1, 0.15) is 0 Å². The molecule has 0 amide bonds. The fourth-order valence-electron chi connectivity index (χ4n) is 3.25. The Balaban J connectivity index is 1.86. The number of halogens is 1. The third kappa shape index (κ3) is 3.54. The molecule has 0 fully saturated rings. The molecule has 5 nitrogen and oxygen atoms in total. The first kappa shape index (κ1) is 19.0. The highest BCUT2D eigenvalue weighted by Crippen LogP contribution is 2.26. The maximum Gasteiger partial charge on any atom is 0.262 e. The van der Waals surface area contributed by atoms with Gasteiger partial charge in [-0.15, -0.1) is 10.2 Å². The van der Waals surface area contributed by atoms with Crippen LogP contribution in [0.15, 0.2) is 52.4 Å². The van der Waals surface area contributed by atoms with Crippen LogP contribution in [0.2, 0.25) is 5.02 Å². The maximum absolute atomic E-state index is 13.1. The minimum atomic E-state index is -0.0125. The van der Waals surface area contributed by atoms with Crippen molar-refractivity contribution in [1.82, 2.24) is 19.2 Å². The van der Waals surface area contributed by atoms with Crippen molar-refractivity contribution in [2.45, 2.75) is 38.2 Å². The molecule has 2 aromatic carbocycles. The van der Waals surface area contributed by atoms with Crippen molar-refractivity contribution < 1.29 is 0 Å². The van der Waals surface area contributed by atoms with E-state index in [1.54, 1.807) is 16.3 Å². The zero-order valence-electron chi connectivity index (χ0n) is 16.0. The second-order valence-electron chi connectivity index (χ2n) is 7.36. The lowest BCUT2D eigenvalue weighted by atomic mass is 10.1. The summed E-state index contributed by atoms with van der Waals surface area (Å²) < 4.78 is 3.74. The van der Waals surface area contributed by atoms with E-state index < -0.39 is 0 Å². The van der Waals surface area contributed by atoms with E-state index in [0.717, 1.165) is 32.6 Å². The number of benzene rings is 2. The number of aromatic nitrogens is 4. The molecule has 0 bridgehead atoms. The van der Waals surface area contributed by atoms with E-state index in [-0.39, 0.29) is 5.56 Å². The van der Waals surface area contributed by atoms with Crippen molar-refractivity contribution >= 4 is 40.0 Å². The second-order valence-corrected chi connectivity index (χ2v) is 8.74. The van der Waals surface area contributed by atoms with Crippen molar-refractivity contribution in [3.05, 3.63) is 69.0 Å². The van der Waals surface area contributed by atoms with Crippen LogP contribution in [0.5, 0.6) is 0 Å². The summed E-state index contributed by atoms with van der Waals surface area (Å²) in [4.78, 5) is 13.1. The molecule has 0 aliphatic rings. The summed E-state index contributed by atoms with van der Waals surface area (Å²) in [7, 11) is 0. The minimum Gasteiger partial charge on any atom is -0.276 e. The summed E-state index contributed by atoms with van der Waals surface area (Å²) in [6, 6.07) is 13.7. The Kier molecular flexibility index (Phi) is 5.17. The fraction of sp³-hybridized carbons (Fsp3) is 0.286. The molecule has 28 heavy (non-hydrogen) atoms. The highest BCUT2D eigenvalue weighted by Gasteiger charge is 2.17. The summed E-state index contributed by atoms with van der Waals surface area (Å²) in [5.41, 5.74) is 3.04. The number of hydrogen-bond acceptors (Lipinski definition) is 4. The first-order valence-corrected chi connectivity index (χ1v) is 10.6. The van der Waals surface area contributed by atoms with Crippen molar-refractivity contribution in [2.24, 2.45) is 5.92 Å². The summed E-state index contributed by atoms with van der Waals surface area (Å²) in [6.45, 7) is 6.79. The molecule has 0 radical (unpaired) electrons. The highest BCUT2D eigenvalue weighted by atomic mass is 35.5. The topological polar surface area (TPSA) is 52.2 Å². The van der Waals surface area contributed by atoms with E-state index >= 15 is 0 Å². The summed E-state index contributed by atoms with van der Waals surface area (Å²) in [5, 5.41) is 11.0. The average molecular weight is 413 g/mol. The molecule has 0 spiro atoms. The Hall–Kier alpha value is -2.31. The van der Waals surface area contributed by atoms with Crippen molar-refractivity contribution in [3.63, 3.8) is 0 Å². The van der Waals surface area contributed by atoms with E-state index in [1.807, 2.05) is 53.8 Å². The van der Waals surface area contributed by atoms with Crippen molar-refractivity contribution in [1.29, 1.82) is 0 Å². The highest BCUT2D eigenvalue weighted by molar-refractivity contribution is 7.98. The largest absolute Gasteiger partial charge is 0.276 e. The number of hydrogen-bond donors (Lipinski definition) is 0. The van der Waals surface area contributed by atoms with Gasteiger partial charge in [-0.2, -0.15) is 0 Å². The SMILES string of the molecule is Cc1ccc2c(c1)c(=O)n(CC(C)C)c1nnc(SCc3ccc(Cl)cc3)n21. The fourth-order valence-corrected chi connectivity index (χ4v) is 4.27. The van der Waals surface area contributed by atoms with Gasteiger partial charge in [0.2, 0.25) is 5.78 Å². The molecule has 0 N–H and O–H groups in total. The smallest absolute Gasteiger partial charge is 0.262 e. The Morgan fingerprint density at radius 2 is 1.86 bits per heavy atom. The number of nitrogens with zero attached hydrogens (tertiary/aromatic N) is 4. The van der Waals surface area contributed by atoms with E-state index in [0.29, 0.717) is 23.6 Å². The van der Waals surface area contributed by atoms with Gasteiger partial charge >= 0.3 is 0 Å². The molecule has 0 atom stereocenters. The molecule has 0 saturated carbocycles. The standard InChI is InChI=1S/C21H21ClN4OS/c1-13(2)11-25-19(27)17-10-14(3)4-9-18(17)26-20(25)23-24-21(26)28-12-15-5-7-16(22)8-6-15/h4-10,13H,11-12H2,1-3H3. The Bertz CT molecular complexity index is 1210. The van der Waals surface area contributed by atoms with Gasteiger partial charge in [-0.3, -0.25) is 13.8 Å². The predicted molar refractivity (Wildman–Crippen MR) is 115 cm³/mol. The van der Waals surface area contributed by atoms with Gasteiger partial charge in [0.25, 0.3) is 5.56 Å². The lowest BCUT2D eigenvalue weighted by Gasteiger charge is -2.13. The zero-order chi connectivity index (χ0) is 19.8.